The third kappa shape index (κ3) is 4.22. The monoisotopic (exact) mass is 380 g/mol. The summed E-state index contributed by atoms with van der Waals surface area (Å²) in [5.41, 5.74) is 2.49. The molecule has 146 valence electrons. The minimum atomic E-state index is -0.456. The van der Waals surface area contributed by atoms with Crippen molar-refractivity contribution in [1.29, 1.82) is 0 Å². The first-order valence-electron chi connectivity index (χ1n) is 9.43. The van der Waals surface area contributed by atoms with Gasteiger partial charge in [-0.2, -0.15) is 0 Å². The van der Waals surface area contributed by atoms with Crippen LogP contribution in [0.25, 0.3) is 11.3 Å². The number of amides is 1. The van der Waals surface area contributed by atoms with Crippen molar-refractivity contribution in [2.45, 2.75) is 26.2 Å². The van der Waals surface area contributed by atoms with Crippen molar-refractivity contribution in [3.05, 3.63) is 59.8 Å². The van der Waals surface area contributed by atoms with Crippen LogP contribution in [0, 0.1) is 0 Å². The van der Waals surface area contributed by atoms with Gasteiger partial charge < -0.3 is 9.47 Å². The Balaban J connectivity index is 2.21. The summed E-state index contributed by atoms with van der Waals surface area (Å²) in [4.78, 5) is 31.4. The van der Waals surface area contributed by atoms with E-state index in [9.17, 15) is 9.59 Å². The molecule has 0 bridgehead atoms. The van der Waals surface area contributed by atoms with Crippen LogP contribution in [0.5, 0.6) is 5.88 Å². The molecule has 1 aliphatic heterocycles. The summed E-state index contributed by atoms with van der Waals surface area (Å²) in [6.07, 6.45) is 3.28. The number of cyclic esters (lactones) is 1. The van der Waals surface area contributed by atoms with E-state index in [4.69, 9.17) is 9.47 Å². The molecule has 1 saturated heterocycles. The van der Waals surface area contributed by atoms with Gasteiger partial charge in [0, 0.05) is 29.8 Å². The molecular weight excluding hydrogens is 356 g/mol. The number of aromatic nitrogens is 1. The Labute approximate surface area is 164 Å². The molecule has 1 aliphatic rings. The number of pyridine rings is 1. The number of ketones is 1. The van der Waals surface area contributed by atoms with E-state index >= 15 is 0 Å². The lowest BCUT2D eigenvalue weighted by atomic mass is 9.93. The third-order valence-corrected chi connectivity index (χ3v) is 4.59. The summed E-state index contributed by atoms with van der Waals surface area (Å²) in [5, 5.41) is 0. The van der Waals surface area contributed by atoms with Crippen molar-refractivity contribution in [2.24, 2.45) is 0 Å². The number of Topliss-reactive ketones (excluding diaryl/α,β-unsaturated/α-hetero) is 1. The second-order valence-corrected chi connectivity index (χ2v) is 6.47. The summed E-state index contributed by atoms with van der Waals surface area (Å²) in [7, 11) is 1.54. The molecule has 2 heterocycles. The number of nitrogens with zero attached hydrogens (tertiary/aromatic N) is 2. The lowest BCUT2D eigenvalue weighted by molar-refractivity contribution is -0.113. The van der Waals surface area contributed by atoms with Crippen LogP contribution in [-0.2, 0) is 9.53 Å². The lowest BCUT2D eigenvalue weighted by Gasteiger charge is -2.22. The highest BCUT2D eigenvalue weighted by atomic mass is 16.6. The molecule has 0 atom stereocenters. The fourth-order valence-corrected chi connectivity index (χ4v) is 3.17. The maximum Gasteiger partial charge on any atom is 0.414 e. The molecule has 0 saturated carbocycles. The Kier molecular flexibility index (Phi) is 6.42. The number of ether oxygens (including phenoxy) is 2. The summed E-state index contributed by atoms with van der Waals surface area (Å²) in [5.74, 6) is 0.462. The first-order chi connectivity index (χ1) is 13.7. The van der Waals surface area contributed by atoms with Crippen LogP contribution < -0.4 is 4.74 Å². The van der Waals surface area contributed by atoms with Gasteiger partial charge in [-0.3, -0.25) is 9.69 Å². The van der Waals surface area contributed by atoms with Crippen molar-refractivity contribution >= 4 is 23.1 Å². The van der Waals surface area contributed by atoms with E-state index in [1.165, 1.54) is 4.90 Å². The van der Waals surface area contributed by atoms with Crippen LogP contribution in [0.1, 0.15) is 37.3 Å². The Morgan fingerprint density at radius 3 is 2.54 bits per heavy atom. The maximum absolute atomic E-state index is 13.2. The Hall–Kier alpha value is -3.15. The summed E-state index contributed by atoms with van der Waals surface area (Å²) in [6.45, 7) is 2.72. The molecule has 0 aliphatic carbocycles. The molecule has 0 N–H and O–H groups in total. The van der Waals surface area contributed by atoms with Crippen LogP contribution in [-0.4, -0.2) is 42.0 Å². The van der Waals surface area contributed by atoms with Gasteiger partial charge in [-0.15, -0.1) is 0 Å². The first kappa shape index (κ1) is 19.6. The molecule has 6 nitrogen and oxygen atoms in total. The van der Waals surface area contributed by atoms with Gasteiger partial charge in [0.25, 0.3) is 0 Å². The molecule has 1 fully saturated rings. The SMILES string of the molecule is CCCCC(=O)/C(=C(\c1ccc(OC)nc1)N1CCOC1=O)c1ccccc1. The van der Waals surface area contributed by atoms with E-state index in [1.807, 2.05) is 43.3 Å². The average Bonchev–Trinajstić information content (AvgIpc) is 3.16. The summed E-state index contributed by atoms with van der Waals surface area (Å²) >= 11 is 0. The zero-order valence-electron chi connectivity index (χ0n) is 16.2. The smallest absolute Gasteiger partial charge is 0.414 e. The van der Waals surface area contributed by atoms with Gasteiger partial charge >= 0.3 is 6.09 Å². The number of rotatable bonds is 8. The minimum Gasteiger partial charge on any atom is -0.481 e. The molecule has 0 spiro atoms. The normalized spacial score (nSPS) is 14.5. The fraction of sp³-hybridized carbons (Fsp3) is 0.318. The van der Waals surface area contributed by atoms with Gasteiger partial charge in [0.2, 0.25) is 5.88 Å². The summed E-state index contributed by atoms with van der Waals surface area (Å²) < 4.78 is 10.3. The highest BCUT2D eigenvalue weighted by Gasteiger charge is 2.31. The number of methoxy groups -OCH3 is 1. The Morgan fingerprint density at radius 1 is 1.18 bits per heavy atom. The van der Waals surface area contributed by atoms with Crippen molar-refractivity contribution < 1.29 is 19.1 Å². The van der Waals surface area contributed by atoms with Gasteiger partial charge in [-0.1, -0.05) is 43.7 Å². The molecule has 0 unspecified atom stereocenters. The third-order valence-electron chi connectivity index (χ3n) is 4.59. The second-order valence-electron chi connectivity index (χ2n) is 6.47. The molecule has 28 heavy (non-hydrogen) atoms. The van der Waals surface area contributed by atoms with E-state index in [0.29, 0.717) is 35.7 Å². The molecule has 6 heteroatoms. The van der Waals surface area contributed by atoms with Crippen LogP contribution in [0.3, 0.4) is 0 Å². The van der Waals surface area contributed by atoms with Crippen LogP contribution in [0.15, 0.2) is 48.7 Å². The predicted molar refractivity (Wildman–Crippen MR) is 107 cm³/mol. The zero-order valence-corrected chi connectivity index (χ0v) is 16.2. The van der Waals surface area contributed by atoms with E-state index in [1.54, 1.807) is 19.4 Å². The second kappa shape index (κ2) is 9.17. The zero-order chi connectivity index (χ0) is 19.9. The molecule has 3 rings (SSSR count). The molecule has 1 amide bonds. The Morgan fingerprint density at radius 2 is 1.96 bits per heavy atom. The van der Waals surface area contributed by atoms with E-state index in [2.05, 4.69) is 4.98 Å². The number of benzene rings is 1. The fourth-order valence-electron chi connectivity index (χ4n) is 3.17. The quantitative estimate of drug-likeness (QED) is 0.643. The Bertz CT molecular complexity index is 860. The van der Waals surface area contributed by atoms with Crippen molar-refractivity contribution in [1.82, 2.24) is 9.88 Å². The first-order valence-corrected chi connectivity index (χ1v) is 9.43. The highest BCUT2D eigenvalue weighted by molar-refractivity contribution is 6.28. The van der Waals surface area contributed by atoms with Gasteiger partial charge in [0.1, 0.15) is 6.61 Å². The summed E-state index contributed by atoms with van der Waals surface area (Å²) in [6, 6.07) is 13.0. The van der Waals surface area contributed by atoms with Gasteiger partial charge in [-0.25, -0.2) is 9.78 Å². The van der Waals surface area contributed by atoms with Crippen molar-refractivity contribution in [3.8, 4) is 5.88 Å². The number of allylic oxidation sites excluding steroid dienone is 1. The van der Waals surface area contributed by atoms with E-state index in [-0.39, 0.29) is 12.4 Å². The largest absolute Gasteiger partial charge is 0.481 e. The molecule has 1 aromatic heterocycles. The standard InChI is InChI=1S/C22H24N2O4/c1-3-4-10-18(25)20(16-8-6-5-7-9-16)21(24-13-14-28-22(24)26)17-11-12-19(27-2)23-15-17/h5-9,11-12,15H,3-4,10,13-14H2,1-2H3/b21-20+. The van der Waals surface area contributed by atoms with Crippen LogP contribution in [0.4, 0.5) is 4.79 Å². The highest BCUT2D eigenvalue weighted by Crippen LogP contribution is 2.33. The predicted octanol–water partition coefficient (Wildman–Crippen LogP) is 4.17. The average molecular weight is 380 g/mol. The minimum absolute atomic E-state index is 0.00133. The maximum atomic E-state index is 13.2. The number of unbranched alkanes of at least 4 members (excludes halogenated alkanes) is 1. The molecule has 2 aromatic rings. The number of hydrogen-bond acceptors (Lipinski definition) is 5. The molecular formula is C22H24N2O4. The number of carbonyl (C=O) groups is 2. The topological polar surface area (TPSA) is 68.7 Å². The van der Waals surface area contributed by atoms with E-state index in [0.717, 1.165) is 18.4 Å². The number of carbonyl (C=O) groups excluding carboxylic acids is 2. The van der Waals surface area contributed by atoms with E-state index < -0.39 is 6.09 Å². The van der Waals surface area contributed by atoms with Gasteiger partial charge in [0.05, 0.1) is 19.4 Å². The van der Waals surface area contributed by atoms with Crippen LogP contribution >= 0.6 is 0 Å². The lowest BCUT2D eigenvalue weighted by Crippen LogP contribution is -2.25. The van der Waals surface area contributed by atoms with Gasteiger partial charge in [0.15, 0.2) is 5.78 Å². The molecule has 1 aromatic carbocycles. The van der Waals surface area contributed by atoms with Crippen LogP contribution in [0.2, 0.25) is 0 Å². The van der Waals surface area contributed by atoms with Crippen molar-refractivity contribution in [3.63, 3.8) is 0 Å². The van der Waals surface area contributed by atoms with Gasteiger partial charge in [-0.05, 0) is 18.1 Å². The van der Waals surface area contributed by atoms with Crippen molar-refractivity contribution in [2.75, 3.05) is 20.3 Å². The number of hydrogen-bond donors (Lipinski definition) is 0. The molecule has 0 radical (unpaired) electrons.